The lowest BCUT2D eigenvalue weighted by Gasteiger charge is -2.27. The Kier molecular flexibility index (Phi) is 6.41. The standard InChI is InChI=1S/C24H22N4O4S2/c29-21-14-27(11-9-25-21)22(30)8-3-10-28(23(31)20-7-4-12-33-20)24-26-17(15-34-24)19-13-16-5-1-2-6-18(16)32-19/h1-2,4-7,12-13,15H,3,8-11,14H2,(H,25,29). The zero-order chi connectivity index (χ0) is 23.5. The Labute approximate surface area is 203 Å². The molecule has 1 aliphatic rings. The predicted octanol–water partition coefficient (Wildman–Crippen LogP) is 4.00. The van der Waals surface area contributed by atoms with Gasteiger partial charge in [-0.1, -0.05) is 24.3 Å². The molecule has 0 unspecified atom stereocenters. The number of para-hydroxylation sites is 1. The first-order valence-electron chi connectivity index (χ1n) is 10.9. The van der Waals surface area contributed by atoms with Crippen LogP contribution in [0.3, 0.4) is 0 Å². The third-order valence-corrected chi connectivity index (χ3v) is 7.26. The lowest BCUT2D eigenvalue weighted by Crippen LogP contribution is -2.50. The zero-order valence-corrected chi connectivity index (χ0v) is 19.9. The lowest BCUT2D eigenvalue weighted by atomic mass is 10.2. The van der Waals surface area contributed by atoms with E-state index in [1.165, 1.54) is 22.7 Å². The van der Waals surface area contributed by atoms with Gasteiger partial charge < -0.3 is 14.6 Å². The third-order valence-electron chi connectivity index (χ3n) is 5.54. The third kappa shape index (κ3) is 4.73. The van der Waals surface area contributed by atoms with Crippen molar-refractivity contribution in [3.8, 4) is 11.5 Å². The average molecular weight is 495 g/mol. The van der Waals surface area contributed by atoms with Crippen LogP contribution in [-0.2, 0) is 9.59 Å². The first kappa shape index (κ1) is 22.3. The molecule has 5 rings (SSSR count). The Morgan fingerprint density at radius 3 is 2.85 bits per heavy atom. The second-order valence-corrected chi connectivity index (χ2v) is 9.65. The number of aromatic nitrogens is 1. The Morgan fingerprint density at radius 2 is 2.06 bits per heavy atom. The Hall–Kier alpha value is -3.50. The van der Waals surface area contributed by atoms with Gasteiger partial charge in [0.1, 0.15) is 11.3 Å². The molecule has 1 saturated heterocycles. The number of rotatable bonds is 7. The Balaban J connectivity index is 1.32. The second kappa shape index (κ2) is 9.78. The van der Waals surface area contributed by atoms with Gasteiger partial charge in [0.05, 0.1) is 11.4 Å². The van der Waals surface area contributed by atoms with Gasteiger partial charge in [-0.2, -0.15) is 0 Å². The van der Waals surface area contributed by atoms with E-state index >= 15 is 0 Å². The van der Waals surface area contributed by atoms with Gasteiger partial charge in [0.15, 0.2) is 10.9 Å². The minimum absolute atomic E-state index is 0.0829. The lowest BCUT2D eigenvalue weighted by molar-refractivity contribution is -0.138. The van der Waals surface area contributed by atoms with Crippen molar-refractivity contribution in [2.24, 2.45) is 0 Å². The summed E-state index contributed by atoms with van der Waals surface area (Å²) in [5.41, 5.74) is 1.44. The summed E-state index contributed by atoms with van der Waals surface area (Å²) in [6.07, 6.45) is 0.719. The maximum atomic E-state index is 13.2. The summed E-state index contributed by atoms with van der Waals surface area (Å²) in [7, 11) is 0. The molecule has 4 aromatic rings. The molecule has 1 aliphatic heterocycles. The van der Waals surface area contributed by atoms with E-state index in [-0.39, 0.29) is 30.7 Å². The molecule has 1 fully saturated rings. The number of hydrogen-bond acceptors (Lipinski definition) is 7. The molecule has 0 atom stereocenters. The summed E-state index contributed by atoms with van der Waals surface area (Å²) in [6, 6.07) is 13.3. The van der Waals surface area contributed by atoms with Crippen LogP contribution >= 0.6 is 22.7 Å². The number of hydrogen-bond donors (Lipinski definition) is 1. The van der Waals surface area contributed by atoms with Gasteiger partial charge in [0.25, 0.3) is 5.91 Å². The van der Waals surface area contributed by atoms with Crippen LogP contribution in [0.25, 0.3) is 22.4 Å². The molecule has 0 saturated carbocycles. The highest BCUT2D eigenvalue weighted by Crippen LogP contribution is 2.32. The molecule has 0 radical (unpaired) electrons. The van der Waals surface area contributed by atoms with Gasteiger partial charge in [-0.25, -0.2) is 4.98 Å². The fourth-order valence-electron chi connectivity index (χ4n) is 3.82. The first-order chi connectivity index (χ1) is 16.6. The second-order valence-electron chi connectivity index (χ2n) is 7.87. The minimum atomic E-state index is -0.148. The molecule has 3 amide bonds. The minimum Gasteiger partial charge on any atom is -0.454 e. The van der Waals surface area contributed by atoms with E-state index in [0.29, 0.717) is 47.5 Å². The number of benzene rings is 1. The number of furan rings is 1. The molecule has 1 aromatic carbocycles. The van der Waals surface area contributed by atoms with Crippen molar-refractivity contribution in [3.05, 3.63) is 58.1 Å². The number of anilines is 1. The number of fused-ring (bicyclic) bond motifs is 1. The molecule has 174 valence electrons. The van der Waals surface area contributed by atoms with Crippen molar-refractivity contribution in [1.82, 2.24) is 15.2 Å². The smallest absolute Gasteiger partial charge is 0.270 e. The van der Waals surface area contributed by atoms with E-state index in [2.05, 4.69) is 5.32 Å². The maximum absolute atomic E-state index is 13.2. The van der Waals surface area contributed by atoms with E-state index < -0.39 is 0 Å². The van der Waals surface area contributed by atoms with Gasteiger partial charge >= 0.3 is 0 Å². The van der Waals surface area contributed by atoms with Crippen LogP contribution in [0.2, 0.25) is 0 Å². The van der Waals surface area contributed by atoms with E-state index in [1.807, 2.05) is 47.2 Å². The highest BCUT2D eigenvalue weighted by Gasteiger charge is 2.24. The van der Waals surface area contributed by atoms with Crippen LogP contribution in [0.5, 0.6) is 0 Å². The average Bonchev–Trinajstić information content (AvgIpc) is 3.61. The van der Waals surface area contributed by atoms with Crippen LogP contribution in [-0.4, -0.2) is 53.8 Å². The Bertz CT molecular complexity index is 1290. The summed E-state index contributed by atoms with van der Waals surface area (Å²) in [5, 5.41) is 8.00. The highest BCUT2D eigenvalue weighted by molar-refractivity contribution is 7.14. The van der Waals surface area contributed by atoms with Crippen LogP contribution in [0.4, 0.5) is 5.13 Å². The molecule has 34 heavy (non-hydrogen) atoms. The van der Waals surface area contributed by atoms with E-state index in [4.69, 9.17) is 9.40 Å². The van der Waals surface area contributed by atoms with Crippen molar-refractivity contribution < 1.29 is 18.8 Å². The summed E-state index contributed by atoms with van der Waals surface area (Å²) in [4.78, 5) is 45.9. The molecule has 0 spiro atoms. The van der Waals surface area contributed by atoms with Crippen LogP contribution in [0.15, 0.2) is 57.6 Å². The highest BCUT2D eigenvalue weighted by atomic mass is 32.1. The molecular formula is C24H22N4O4S2. The number of carbonyl (C=O) groups excluding carboxylic acids is 3. The molecule has 3 aromatic heterocycles. The van der Waals surface area contributed by atoms with Gasteiger partial charge in [0.2, 0.25) is 11.8 Å². The topological polar surface area (TPSA) is 95.8 Å². The molecule has 1 N–H and O–H groups in total. The maximum Gasteiger partial charge on any atom is 0.270 e. The number of nitrogens with one attached hydrogen (secondary N) is 1. The molecule has 4 heterocycles. The number of nitrogens with zero attached hydrogens (tertiary/aromatic N) is 3. The fourth-order valence-corrected chi connectivity index (χ4v) is 5.34. The van der Waals surface area contributed by atoms with Gasteiger partial charge in [0, 0.05) is 36.8 Å². The number of amides is 3. The normalized spacial score (nSPS) is 13.8. The van der Waals surface area contributed by atoms with E-state index in [9.17, 15) is 14.4 Å². The summed E-state index contributed by atoms with van der Waals surface area (Å²) in [6.45, 7) is 1.41. The molecule has 0 bridgehead atoms. The van der Waals surface area contributed by atoms with Gasteiger partial charge in [-0.3, -0.25) is 19.3 Å². The van der Waals surface area contributed by atoms with Crippen LogP contribution < -0.4 is 10.2 Å². The molecule has 0 aliphatic carbocycles. The number of thiazole rings is 1. The van der Waals surface area contributed by atoms with Gasteiger partial charge in [-0.05, 0) is 30.0 Å². The van der Waals surface area contributed by atoms with Crippen molar-refractivity contribution in [2.75, 3.05) is 31.1 Å². The summed E-state index contributed by atoms with van der Waals surface area (Å²) in [5.74, 6) is 0.270. The molecule has 10 heteroatoms. The number of carbonyl (C=O) groups is 3. The molecule has 8 nitrogen and oxygen atoms in total. The van der Waals surface area contributed by atoms with Crippen molar-refractivity contribution >= 4 is 56.5 Å². The fraction of sp³-hybridized carbons (Fsp3) is 0.250. The summed E-state index contributed by atoms with van der Waals surface area (Å²) >= 11 is 2.74. The first-order valence-corrected chi connectivity index (χ1v) is 12.7. The molecular weight excluding hydrogens is 472 g/mol. The zero-order valence-electron chi connectivity index (χ0n) is 18.2. The van der Waals surface area contributed by atoms with Crippen molar-refractivity contribution in [3.63, 3.8) is 0 Å². The summed E-state index contributed by atoms with van der Waals surface area (Å²) < 4.78 is 5.93. The van der Waals surface area contributed by atoms with E-state index in [0.717, 1.165) is 11.0 Å². The van der Waals surface area contributed by atoms with Gasteiger partial charge in [-0.15, -0.1) is 22.7 Å². The van der Waals surface area contributed by atoms with Crippen molar-refractivity contribution in [1.29, 1.82) is 0 Å². The monoisotopic (exact) mass is 494 g/mol. The quantitative estimate of drug-likeness (QED) is 0.419. The largest absolute Gasteiger partial charge is 0.454 e. The predicted molar refractivity (Wildman–Crippen MR) is 132 cm³/mol. The van der Waals surface area contributed by atoms with Crippen LogP contribution in [0, 0.1) is 0 Å². The SMILES string of the molecule is O=C1CN(C(=O)CCCN(C(=O)c2cccs2)c2nc(-c3cc4ccccc4o3)cs2)CCN1. The van der Waals surface area contributed by atoms with Crippen molar-refractivity contribution in [2.45, 2.75) is 12.8 Å². The number of piperazine rings is 1. The van der Waals surface area contributed by atoms with Crippen LogP contribution in [0.1, 0.15) is 22.5 Å². The Morgan fingerprint density at radius 1 is 1.18 bits per heavy atom. The van der Waals surface area contributed by atoms with E-state index in [1.54, 1.807) is 15.9 Å². The number of thiophene rings is 1.